The lowest BCUT2D eigenvalue weighted by atomic mass is 9.83. The van der Waals surface area contributed by atoms with Crippen molar-refractivity contribution in [3.63, 3.8) is 0 Å². The Morgan fingerprint density at radius 3 is 2.66 bits per heavy atom. The monoisotopic (exact) mass is 477 g/mol. The minimum absolute atomic E-state index is 0.0231. The highest BCUT2D eigenvalue weighted by Crippen LogP contribution is 2.44. The van der Waals surface area contributed by atoms with E-state index in [1.54, 1.807) is 42.5 Å². The highest BCUT2D eigenvalue weighted by atomic mass is 16.5. The number of hydrogen-bond donors (Lipinski definition) is 3. The van der Waals surface area contributed by atoms with E-state index >= 15 is 0 Å². The number of rotatable bonds is 8. The van der Waals surface area contributed by atoms with Gasteiger partial charge in [0.2, 0.25) is 5.60 Å². The largest absolute Gasteiger partial charge is 0.394 e. The average Bonchev–Trinajstić information content (AvgIpc) is 3.40. The van der Waals surface area contributed by atoms with E-state index in [1.165, 1.54) is 10.8 Å². The summed E-state index contributed by atoms with van der Waals surface area (Å²) >= 11 is 0. The molecule has 2 aromatic heterocycles. The number of nitriles is 1. The van der Waals surface area contributed by atoms with Gasteiger partial charge in [-0.1, -0.05) is 32.0 Å². The molecule has 1 aliphatic rings. The molecule has 10 heteroatoms. The molecule has 4 rings (SSSR count). The van der Waals surface area contributed by atoms with Crippen LogP contribution in [0.25, 0.3) is 5.52 Å². The van der Waals surface area contributed by atoms with Crippen LogP contribution in [-0.4, -0.2) is 55.3 Å². The molecule has 4 atom stereocenters. The maximum Gasteiger partial charge on any atom is 0.256 e. The Kier molecular flexibility index (Phi) is 6.93. The molecule has 0 bridgehead atoms. The summed E-state index contributed by atoms with van der Waals surface area (Å²) in [6.45, 7) is 3.38. The molecule has 3 N–H and O–H groups in total. The van der Waals surface area contributed by atoms with Gasteiger partial charge in [-0.3, -0.25) is 9.59 Å². The number of amides is 1. The number of fused-ring (bicyclic) bond motifs is 1. The third kappa shape index (κ3) is 4.53. The molecule has 0 saturated carbocycles. The smallest absolute Gasteiger partial charge is 0.256 e. The van der Waals surface area contributed by atoms with Crippen molar-refractivity contribution in [2.75, 3.05) is 11.9 Å². The zero-order valence-corrected chi connectivity index (χ0v) is 19.5. The van der Waals surface area contributed by atoms with Crippen LogP contribution >= 0.6 is 0 Å². The van der Waals surface area contributed by atoms with Crippen LogP contribution in [0.2, 0.25) is 0 Å². The number of carbonyl (C=O) groups excluding carboxylic acids is 2. The third-order valence-electron chi connectivity index (χ3n) is 6.18. The van der Waals surface area contributed by atoms with E-state index in [4.69, 9.17) is 4.74 Å². The fraction of sp³-hybridized carbons (Fsp3) is 0.400. The van der Waals surface area contributed by atoms with Crippen molar-refractivity contribution < 1.29 is 24.5 Å². The van der Waals surface area contributed by atoms with E-state index in [2.05, 4.69) is 21.5 Å². The number of nitrogens with one attached hydrogen (secondary N) is 1. The zero-order chi connectivity index (χ0) is 25.2. The molecule has 0 spiro atoms. The molecule has 0 radical (unpaired) electrons. The fourth-order valence-corrected chi connectivity index (χ4v) is 4.56. The Morgan fingerprint density at radius 2 is 2.00 bits per heavy atom. The Bertz CT molecular complexity index is 1270. The van der Waals surface area contributed by atoms with Crippen LogP contribution in [0.15, 0.2) is 48.8 Å². The lowest BCUT2D eigenvalue weighted by molar-refractivity contribution is -0.121. The second-order valence-corrected chi connectivity index (χ2v) is 9.08. The highest BCUT2D eigenvalue weighted by molar-refractivity contribution is 6.05. The average molecular weight is 478 g/mol. The first-order valence-corrected chi connectivity index (χ1v) is 11.4. The van der Waals surface area contributed by atoms with Crippen LogP contribution < -0.4 is 5.32 Å². The van der Waals surface area contributed by atoms with E-state index in [0.29, 0.717) is 17.5 Å². The van der Waals surface area contributed by atoms with Gasteiger partial charge in [-0.15, -0.1) is 0 Å². The van der Waals surface area contributed by atoms with Crippen molar-refractivity contribution in [1.29, 1.82) is 5.26 Å². The van der Waals surface area contributed by atoms with Crippen LogP contribution in [0.4, 0.5) is 5.82 Å². The molecule has 1 fully saturated rings. The maximum absolute atomic E-state index is 12.6. The number of ketones is 1. The zero-order valence-electron chi connectivity index (χ0n) is 19.5. The number of anilines is 1. The van der Waals surface area contributed by atoms with Crippen LogP contribution in [0.1, 0.15) is 42.7 Å². The number of aliphatic hydroxyl groups excluding tert-OH is 2. The maximum atomic E-state index is 12.6. The molecule has 0 aliphatic carbocycles. The fourth-order valence-electron chi connectivity index (χ4n) is 4.56. The predicted molar refractivity (Wildman–Crippen MR) is 125 cm³/mol. The quantitative estimate of drug-likeness (QED) is 0.446. The minimum Gasteiger partial charge on any atom is -0.394 e. The number of Topliss-reactive ketones (excluding diaryl/α,β-unsaturated/α-hetero) is 1. The van der Waals surface area contributed by atoms with E-state index < -0.39 is 30.3 Å². The standard InChI is InChI=1S/C25H27N5O5/c1-15(2)10-17(32)11-18-20(12-31)35-25(13-26,22(18)33)21-9-8-19-23(27-14-28-30(19)21)29-24(34)16-6-4-3-5-7-16/h3-9,14-15,18,20,22,31,33H,10-12H2,1-2H3,(H,27,28,29,34)/t18-,20-,22-,25+/m1/s1. The lowest BCUT2D eigenvalue weighted by Crippen LogP contribution is -2.39. The van der Waals surface area contributed by atoms with Crippen molar-refractivity contribution >= 4 is 23.0 Å². The van der Waals surface area contributed by atoms with Gasteiger partial charge in [0.05, 0.1) is 18.4 Å². The summed E-state index contributed by atoms with van der Waals surface area (Å²) in [5.41, 5.74) is -0.842. The first-order chi connectivity index (χ1) is 16.8. The van der Waals surface area contributed by atoms with Gasteiger partial charge in [0.25, 0.3) is 5.91 Å². The molecule has 1 saturated heterocycles. The van der Waals surface area contributed by atoms with Crippen LogP contribution in [0.5, 0.6) is 0 Å². The lowest BCUT2D eigenvalue weighted by Gasteiger charge is -2.25. The molecule has 35 heavy (non-hydrogen) atoms. The van der Waals surface area contributed by atoms with Crippen LogP contribution in [0, 0.1) is 23.2 Å². The minimum atomic E-state index is -1.88. The number of carbonyl (C=O) groups is 2. The first-order valence-electron chi connectivity index (χ1n) is 11.4. The Hall–Kier alpha value is -3.65. The Labute approximate surface area is 202 Å². The van der Waals surface area contributed by atoms with Crippen LogP contribution in [-0.2, 0) is 15.1 Å². The molecule has 1 amide bonds. The number of aromatic nitrogens is 3. The van der Waals surface area contributed by atoms with E-state index in [1.807, 2.05) is 13.8 Å². The molecule has 3 heterocycles. The van der Waals surface area contributed by atoms with E-state index in [0.717, 1.165) is 0 Å². The first kappa shape index (κ1) is 24.5. The van der Waals surface area contributed by atoms with E-state index in [-0.39, 0.29) is 35.5 Å². The van der Waals surface area contributed by atoms with Crippen molar-refractivity contribution in [3.05, 3.63) is 60.0 Å². The second kappa shape index (κ2) is 9.92. The molecule has 10 nitrogen and oxygen atoms in total. The third-order valence-corrected chi connectivity index (χ3v) is 6.18. The number of aliphatic hydroxyl groups is 2. The summed E-state index contributed by atoms with van der Waals surface area (Å²) in [5.74, 6) is -0.858. The second-order valence-electron chi connectivity index (χ2n) is 9.08. The molecule has 0 unspecified atom stereocenters. The molecule has 1 aliphatic heterocycles. The predicted octanol–water partition coefficient (Wildman–Crippen LogP) is 2.07. The van der Waals surface area contributed by atoms with Crippen molar-refractivity contribution in [2.45, 2.75) is 44.5 Å². The molecule has 182 valence electrons. The van der Waals surface area contributed by atoms with Crippen molar-refractivity contribution in [2.24, 2.45) is 11.8 Å². The van der Waals surface area contributed by atoms with Crippen LogP contribution in [0.3, 0.4) is 0 Å². The Morgan fingerprint density at radius 1 is 1.26 bits per heavy atom. The van der Waals surface area contributed by atoms with E-state index in [9.17, 15) is 25.1 Å². The summed E-state index contributed by atoms with van der Waals surface area (Å²) in [6, 6.07) is 13.8. The van der Waals surface area contributed by atoms with Crippen molar-refractivity contribution in [1.82, 2.24) is 14.6 Å². The SMILES string of the molecule is CC(C)CC(=O)C[C@H]1[C@@H](O)[C@](C#N)(c2ccc3c(NC(=O)c4ccccc4)ncnn23)O[C@@H]1CO. The number of benzene rings is 1. The molecular weight excluding hydrogens is 450 g/mol. The molecule has 1 aromatic carbocycles. The van der Waals surface area contributed by atoms with Gasteiger partial charge < -0.3 is 20.3 Å². The number of nitrogens with zero attached hydrogens (tertiary/aromatic N) is 4. The molecular formula is C25H27N5O5. The summed E-state index contributed by atoms with van der Waals surface area (Å²) in [4.78, 5) is 29.3. The van der Waals surface area contributed by atoms with Gasteiger partial charge in [-0.05, 0) is 30.2 Å². The van der Waals surface area contributed by atoms with Gasteiger partial charge in [-0.2, -0.15) is 10.4 Å². The normalized spacial score (nSPS) is 23.9. The molecule has 3 aromatic rings. The highest BCUT2D eigenvalue weighted by Gasteiger charge is 2.57. The summed E-state index contributed by atoms with van der Waals surface area (Å²) in [5, 5.41) is 38.3. The number of hydrogen-bond acceptors (Lipinski definition) is 8. The topological polar surface area (TPSA) is 150 Å². The summed E-state index contributed by atoms with van der Waals surface area (Å²) in [7, 11) is 0. The van der Waals surface area contributed by atoms with Gasteiger partial charge in [0.15, 0.2) is 5.82 Å². The summed E-state index contributed by atoms with van der Waals surface area (Å²) < 4.78 is 7.31. The van der Waals surface area contributed by atoms with Gasteiger partial charge in [0, 0.05) is 24.3 Å². The Balaban J connectivity index is 1.68. The van der Waals surface area contributed by atoms with Gasteiger partial charge >= 0.3 is 0 Å². The summed E-state index contributed by atoms with van der Waals surface area (Å²) in [6.07, 6.45) is -0.782. The van der Waals surface area contributed by atoms with Gasteiger partial charge in [-0.25, -0.2) is 9.50 Å². The van der Waals surface area contributed by atoms with Crippen molar-refractivity contribution in [3.8, 4) is 6.07 Å². The van der Waals surface area contributed by atoms with Gasteiger partial charge in [0.1, 0.15) is 29.8 Å². The number of ether oxygens (including phenoxy) is 1.